The van der Waals surface area contributed by atoms with Crippen molar-refractivity contribution in [2.45, 2.75) is 20.0 Å². The molecule has 1 aromatic heterocycles. The van der Waals surface area contributed by atoms with Crippen molar-refractivity contribution in [3.8, 4) is 0 Å². The number of aryl methyl sites for hydroxylation is 1. The molecule has 96 valence electrons. The second kappa shape index (κ2) is 5.22. The van der Waals surface area contributed by atoms with E-state index in [1.54, 1.807) is 6.33 Å². The van der Waals surface area contributed by atoms with E-state index in [0.717, 1.165) is 12.4 Å². The van der Waals surface area contributed by atoms with Gasteiger partial charge in [-0.05, 0) is 13.0 Å². The molecule has 7 heteroatoms. The Bertz CT molecular complexity index is 554. The van der Waals surface area contributed by atoms with Crippen LogP contribution in [0, 0.1) is 5.82 Å². The molecule has 0 aliphatic carbocycles. The topological polar surface area (TPSA) is 68.8 Å². The maximum atomic E-state index is 13.3. The number of nitrogens with zero attached hydrogens (tertiary/aromatic N) is 3. The molecule has 1 heterocycles. The van der Waals surface area contributed by atoms with Gasteiger partial charge in [-0.1, -0.05) is 11.6 Å². The Morgan fingerprint density at radius 1 is 1.50 bits per heavy atom. The highest BCUT2D eigenvalue weighted by atomic mass is 35.5. The van der Waals surface area contributed by atoms with Gasteiger partial charge in [0, 0.05) is 12.6 Å². The van der Waals surface area contributed by atoms with Crippen LogP contribution in [0.3, 0.4) is 0 Å². The van der Waals surface area contributed by atoms with Gasteiger partial charge in [0.1, 0.15) is 12.1 Å². The first-order valence-corrected chi connectivity index (χ1v) is 5.84. The maximum Gasteiger partial charge on any atom is 0.152 e. The molecule has 2 aromatic rings. The van der Waals surface area contributed by atoms with Crippen molar-refractivity contribution < 1.29 is 4.39 Å². The number of aromatic nitrogens is 3. The normalized spacial score (nSPS) is 10.6. The van der Waals surface area contributed by atoms with Gasteiger partial charge in [0.25, 0.3) is 0 Å². The zero-order valence-corrected chi connectivity index (χ0v) is 10.6. The van der Waals surface area contributed by atoms with Crippen LogP contribution in [0.5, 0.6) is 0 Å². The number of nitrogens with one attached hydrogen (secondary N) is 1. The van der Waals surface area contributed by atoms with E-state index in [1.165, 1.54) is 12.1 Å². The molecule has 0 amide bonds. The number of hydrogen-bond acceptors (Lipinski definition) is 4. The highest BCUT2D eigenvalue weighted by Crippen LogP contribution is 2.26. The summed E-state index contributed by atoms with van der Waals surface area (Å²) in [5.41, 5.74) is 6.62. The molecule has 1 aromatic carbocycles. The summed E-state index contributed by atoms with van der Waals surface area (Å²) >= 11 is 5.62. The number of benzene rings is 1. The van der Waals surface area contributed by atoms with Crippen molar-refractivity contribution in [1.82, 2.24) is 14.8 Å². The minimum atomic E-state index is -0.509. The van der Waals surface area contributed by atoms with Gasteiger partial charge >= 0.3 is 0 Å². The molecule has 0 bridgehead atoms. The van der Waals surface area contributed by atoms with Crippen molar-refractivity contribution in [2.24, 2.45) is 0 Å². The van der Waals surface area contributed by atoms with E-state index in [9.17, 15) is 4.39 Å². The van der Waals surface area contributed by atoms with E-state index < -0.39 is 5.82 Å². The molecule has 0 aliphatic rings. The van der Waals surface area contributed by atoms with E-state index in [0.29, 0.717) is 17.9 Å². The molecular formula is C11H13ClFN5. The number of nitrogens with two attached hydrogens (primary N) is 1. The fourth-order valence-electron chi connectivity index (χ4n) is 1.57. The quantitative estimate of drug-likeness (QED) is 0.836. The molecule has 0 atom stereocenters. The minimum absolute atomic E-state index is 0.00905. The van der Waals surface area contributed by atoms with Crippen LogP contribution in [0.1, 0.15) is 12.7 Å². The lowest BCUT2D eigenvalue weighted by molar-refractivity contribution is 0.628. The highest BCUT2D eigenvalue weighted by Gasteiger charge is 2.08. The molecule has 18 heavy (non-hydrogen) atoms. The van der Waals surface area contributed by atoms with Crippen molar-refractivity contribution in [2.75, 3.05) is 11.1 Å². The Hall–Kier alpha value is -1.82. The van der Waals surface area contributed by atoms with Crippen molar-refractivity contribution in [1.29, 1.82) is 0 Å². The second-order valence-corrected chi connectivity index (χ2v) is 4.15. The first-order chi connectivity index (χ1) is 8.61. The Morgan fingerprint density at radius 3 is 3.00 bits per heavy atom. The van der Waals surface area contributed by atoms with Crippen LogP contribution in [-0.2, 0) is 13.1 Å². The molecule has 0 radical (unpaired) electrons. The molecule has 2 rings (SSSR count). The van der Waals surface area contributed by atoms with Crippen LogP contribution in [0.15, 0.2) is 18.5 Å². The summed E-state index contributed by atoms with van der Waals surface area (Å²) in [6, 6.07) is 2.65. The lowest BCUT2D eigenvalue weighted by Crippen LogP contribution is -2.09. The number of halogens is 2. The van der Waals surface area contributed by atoms with Crippen LogP contribution in [0.2, 0.25) is 5.02 Å². The van der Waals surface area contributed by atoms with Crippen LogP contribution in [0.4, 0.5) is 15.8 Å². The Kier molecular flexibility index (Phi) is 3.66. The summed E-state index contributed by atoms with van der Waals surface area (Å²) in [5.74, 6) is 0.248. The largest absolute Gasteiger partial charge is 0.397 e. The molecule has 0 saturated carbocycles. The number of anilines is 2. The van der Waals surface area contributed by atoms with Gasteiger partial charge in [-0.3, -0.25) is 0 Å². The third kappa shape index (κ3) is 2.53. The van der Waals surface area contributed by atoms with Gasteiger partial charge < -0.3 is 15.6 Å². The molecule has 0 fully saturated rings. The highest BCUT2D eigenvalue weighted by molar-refractivity contribution is 6.31. The average molecular weight is 270 g/mol. The standard InChI is InChI=1S/C11H13ClFN5/c1-2-18-6-16-17-11(18)5-15-10-4-8(13)7(12)3-9(10)14/h3-4,6,15H,2,5,14H2,1H3. The average Bonchev–Trinajstić information content (AvgIpc) is 2.79. The van der Waals surface area contributed by atoms with Gasteiger partial charge in [0.15, 0.2) is 5.82 Å². The fraction of sp³-hybridized carbons (Fsp3) is 0.273. The van der Waals surface area contributed by atoms with Crippen LogP contribution >= 0.6 is 11.6 Å². The van der Waals surface area contributed by atoms with E-state index in [1.807, 2.05) is 11.5 Å². The summed E-state index contributed by atoms with van der Waals surface area (Å²) in [7, 11) is 0. The zero-order valence-electron chi connectivity index (χ0n) is 9.82. The summed E-state index contributed by atoms with van der Waals surface area (Å²) < 4.78 is 15.2. The molecule has 0 saturated heterocycles. The lowest BCUT2D eigenvalue weighted by Gasteiger charge is -2.10. The number of rotatable bonds is 4. The van der Waals surface area contributed by atoms with E-state index >= 15 is 0 Å². The van der Waals surface area contributed by atoms with Crippen molar-refractivity contribution >= 4 is 23.0 Å². The molecule has 5 nitrogen and oxygen atoms in total. The van der Waals surface area contributed by atoms with Crippen LogP contribution < -0.4 is 11.1 Å². The zero-order chi connectivity index (χ0) is 13.1. The molecule has 0 aliphatic heterocycles. The molecule has 0 unspecified atom stereocenters. The van der Waals surface area contributed by atoms with Gasteiger partial charge in [0.05, 0.1) is 22.9 Å². The van der Waals surface area contributed by atoms with E-state index in [-0.39, 0.29) is 5.02 Å². The molecule has 0 spiro atoms. The van der Waals surface area contributed by atoms with E-state index in [2.05, 4.69) is 15.5 Å². The van der Waals surface area contributed by atoms with Crippen LogP contribution in [-0.4, -0.2) is 14.8 Å². The summed E-state index contributed by atoms with van der Waals surface area (Å²) in [4.78, 5) is 0. The third-order valence-electron chi connectivity index (χ3n) is 2.57. The molecular weight excluding hydrogens is 257 g/mol. The lowest BCUT2D eigenvalue weighted by atomic mass is 10.2. The van der Waals surface area contributed by atoms with Gasteiger partial charge in [-0.25, -0.2) is 4.39 Å². The smallest absolute Gasteiger partial charge is 0.152 e. The van der Waals surface area contributed by atoms with Gasteiger partial charge in [-0.15, -0.1) is 10.2 Å². The van der Waals surface area contributed by atoms with Gasteiger partial charge in [-0.2, -0.15) is 0 Å². The first kappa shape index (κ1) is 12.6. The Morgan fingerprint density at radius 2 is 2.28 bits per heavy atom. The molecule has 3 N–H and O–H groups in total. The summed E-state index contributed by atoms with van der Waals surface area (Å²) in [6.45, 7) is 3.18. The van der Waals surface area contributed by atoms with Crippen molar-refractivity contribution in [3.63, 3.8) is 0 Å². The maximum absolute atomic E-state index is 13.3. The predicted molar refractivity (Wildman–Crippen MR) is 68.8 cm³/mol. The monoisotopic (exact) mass is 269 g/mol. The fourth-order valence-corrected chi connectivity index (χ4v) is 1.74. The Labute approximate surface area is 109 Å². The first-order valence-electron chi connectivity index (χ1n) is 5.47. The van der Waals surface area contributed by atoms with Crippen LogP contribution in [0.25, 0.3) is 0 Å². The predicted octanol–water partition coefficient (Wildman–Crippen LogP) is 2.28. The summed E-state index contributed by atoms with van der Waals surface area (Å²) in [6.07, 6.45) is 1.64. The number of hydrogen-bond donors (Lipinski definition) is 2. The SMILES string of the molecule is CCn1cnnc1CNc1cc(F)c(Cl)cc1N. The summed E-state index contributed by atoms with van der Waals surface area (Å²) in [5, 5.41) is 10.8. The minimum Gasteiger partial charge on any atom is -0.397 e. The third-order valence-corrected chi connectivity index (χ3v) is 2.86. The second-order valence-electron chi connectivity index (χ2n) is 3.74. The number of nitrogen functional groups attached to an aromatic ring is 1. The van der Waals surface area contributed by atoms with Gasteiger partial charge in [0.2, 0.25) is 0 Å². The van der Waals surface area contributed by atoms with E-state index in [4.69, 9.17) is 17.3 Å². The van der Waals surface area contributed by atoms with Crippen molar-refractivity contribution in [3.05, 3.63) is 35.1 Å². The Balaban J connectivity index is 2.13.